The number of likely N-dealkylation sites (N-methyl/N-ethyl adjacent to an activating group) is 1. The molecule has 0 saturated carbocycles. The number of carbonyl (C=O) groups is 1. The minimum absolute atomic E-state index is 0.304. The van der Waals surface area contributed by atoms with Gasteiger partial charge in [0.15, 0.2) is 0 Å². The Balaban J connectivity index is 0.000000474. The second-order valence-corrected chi connectivity index (χ2v) is 5.85. The number of hydrogen-bond acceptors (Lipinski definition) is 3. The van der Waals surface area contributed by atoms with Crippen LogP contribution in [0.3, 0.4) is 0 Å². The van der Waals surface area contributed by atoms with Gasteiger partial charge < -0.3 is 15.8 Å². The van der Waals surface area contributed by atoms with Crippen LogP contribution in [-0.2, 0) is 17.8 Å². The fourth-order valence-corrected chi connectivity index (χ4v) is 2.34. The van der Waals surface area contributed by atoms with Gasteiger partial charge in [-0.25, -0.2) is 0 Å². The van der Waals surface area contributed by atoms with Gasteiger partial charge in [0.2, 0.25) is 0 Å². The summed E-state index contributed by atoms with van der Waals surface area (Å²) in [5.74, 6) is 0.304. The average Bonchev–Trinajstić information content (AvgIpc) is 2.70. The summed E-state index contributed by atoms with van der Waals surface area (Å²) in [6.07, 6.45) is 4.40. The number of aldehydes is 1. The Morgan fingerprint density at radius 2 is 1.65 bits per heavy atom. The van der Waals surface area contributed by atoms with E-state index in [9.17, 15) is 4.79 Å². The van der Waals surface area contributed by atoms with Gasteiger partial charge in [-0.2, -0.15) is 0 Å². The average molecular weight is 355 g/mol. The highest BCUT2D eigenvalue weighted by molar-refractivity contribution is 5.51. The molecule has 2 aromatic rings. The molecule has 0 heterocycles. The standard InChI is InChI=1S/C13H19NO.C7H9N.C3H6/c1-3-11-4-6-12(7-5-11)13(8-9-15)10-14-2;8-6-7-4-2-1-3-5-7;1-3-2/h4-7,9,13-14H,3,8,10H2,1-2H3;1-5H,6,8H2;3H,1H2,2H3. The van der Waals surface area contributed by atoms with Crippen molar-refractivity contribution in [3.63, 3.8) is 0 Å². The lowest BCUT2D eigenvalue weighted by atomic mass is 9.95. The third-order valence-electron chi connectivity index (χ3n) is 3.77. The maximum Gasteiger partial charge on any atom is 0.120 e. The quantitative estimate of drug-likeness (QED) is 0.569. The maximum absolute atomic E-state index is 10.6. The molecule has 0 spiro atoms. The van der Waals surface area contributed by atoms with E-state index in [1.807, 2.05) is 44.3 Å². The van der Waals surface area contributed by atoms with Gasteiger partial charge in [-0.1, -0.05) is 67.6 Å². The zero-order chi connectivity index (χ0) is 19.6. The van der Waals surface area contributed by atoms with E-state index in [0.29, 0.717) is 18.9 Å². The minimum atomic E-state index is 0.304. The Bertz CT molecular complexity index is 579. The molecule has 3 nitrogen and oxygen atoms in total. The third kappa shape index (κ3) is 10.6. The fraction of sp³-hybridized carbons (Fsp3) is 0.348. The van der Waals surface area contributed by atoms with Crippen molar-refractivity contribution in [3.05, 3.63) is 83.9 Å². The highest BCUT2D eigenvalue weighted by atomic mass is 16.1. The molecule has 3 N–H and O–H groups in total. The monoisotopic (exact) mass is 354 g/mol. The highest BCUT2D eigenvalue weighted by Crippen LogP contribution is 2.18. The largest absolute Gasteiger partial charge is 0.326 e. The van der Waals surface area contributed by atoms with Crippen molar-refractivity contribution in [2.45, 2.75) is 39.2 Å². The Kier molecular flexibility index (Phi) is 14.9. The minimum Gasteiger partial charge on any atom is -0.326 e. The lowest BCUT2D eigenvalue weighted by molar-refractivity contribution is -0.108. The number of benzene rings is 2. The number of nitrogens with one attached hydrogen (secondary N) is 1. The first kappa shape index (κ1) is 23.8. The van der Waals surface area contributed by atoms with Gasteiger partial charge in [-0.3, -0.25) is 0 Å². The number of hydrogen-bond donors (Lipinski definition) is 2. The number of rotatable bonds is 7. The van der Waals surface area contributed by atoms with E-state index in [1.165, 1.54) is 16.7 Å². The molecule has 0 aliphatic heterocycles. The van der Waals surface area contributed by atoms with E-state index in [2.05, 4.69) is 43.1 Å². The predicted molar refractivity (Wildman–Crippen MR) is 113 cm³/mol. The molecule has 0 fully saturated rings. The van der Waals surface area contributed by atoms with E-state index >= 15 is 0 Å². The Hall–Kier alpha value is -2.23. The van der Waals surface area contributed by atoms with Crippen LogP contribution in [0.2, 0.25) is 0 Å². The van der Waals surface area contributed by atoms with Crippen molar-refractivity contribution in [2.75, 3.05) is 13.6 Å². The SMILES string of the molecule is C=CC.CCc1ccc(C(CC=O)CNC)cc1.NCc1ccccc1. The van der Waals surface area contributed by atoms with Crippen LogP contribution < -0.4 is 11.1 Å². The van der Waals surface area contributed by atoms with Crippen molar-refractivity contribution >= 4 is 6.29 Å². The van der Waals surface area contributed by atoms with Crippen LogP contribution in [0.25, 0.3) is 0 Å². The summed E-state index contributed by atoms with van der Waals surface area (Å²) in [5, 5.41) is 3.12. The molecule has 1 unspecified atom stereocenters. The zero-order valence-electron chi connectivity index (χ0n) is 16.4. The summed E-state index contributed by atoms with van der Waals surface area (Å²) in [7, 11) is 1.91. The molecular weight excluding hydrogens is 320 g/mol. The van der Waals surface area contributed by atoms with Gasteiger partial charge in [-0.05, 0) is 37.1 Å². The second-order valence-electron chi connectivity index (χ2n) is 5.85. The van der Waals surface area contributed by atoms with Gasteiger partial charge in [0.05, 0.1) is 0 Å². The molecule has 0 saturated heterocycles. The molecule has 0 aromatic heterocycles. The molecule has 1 atom stereocenters. The number of carbonyl (C=O) groups excluding carboxylic acids is 1. The molecule has 0 aliphatic rings. The van der Waals surface area contributed by atoms with E-state index < -0.39 is 0 Å². The summed E-state index contributed by atoms with van der Waals surface area (Å²) in [4.78, 5) is 10.6. The number of allylic oxidation sites excluding steroid dienone is 1. The normalized spacial score (nSPS) is 10.5. The highest BCUT2D eigenvalue weighted by Gasteiger charge is 2.09. The number of nitrogens with two attached hydrogens (primary N) is 1. The molecule has 2 rings (SSSR count). The molecular formula is C23H34N2O. The van der Waals surface area contributed by atoms with Gasteiger partial charge in [-0.15, -0.1) is 6.58 Å². The van der Waals surface area contributed by atoms with Crippen molar-refractivity contribution in [3.8, 4) is 0 Å². The van der Waals surface area contributed by atoms with E-state index in [4.69, 9.17) is 5.73 Å². The van der Waals surface area contributed by atoms with Crippen LogP contribution in [0.5, 0.6) is 0 Å². The molecule has 2 aromatic carbocycles. The van der Waals surface area contributed by atoms with Crippen LogP contribution in [0, 0.1) is 0 Å². The number of aryl methyl sites for hydroxylation is 1. The Morgan fingerprint density at radius 3 is 2.04 bits per heavy atom. The van der Waals surface area contributed by atoms with Gasteiger partial charge in [0.1, 0.15) is 6.29 Å². The van der Waals surface area contributed by atoms with Crippen molar-refractivity contribution in [1.29, 1.82) is 0 Å². The van der Waals surface area contributed by atoms with E-state index in [-0.39, 0.29) is 0 Å². The first-order chi connectivity index (χ1) is 12.7. The van der Waals surface area contributed by atoms with Gasteiger partial charge >= 0.3 is 0 Å². The van der Waals surface area contributed by atoms with Crippen molar-refractivity contribution in [2.24, 2.45) is 5.73 Å². The summed E-state index contributed by atoms with van der Waals surface area (Å²) in [6.45, 7) is 8.89. The summed E-state index contributed by atoms with van der Waals surface area (Å²) < 4.78 is 0. The first-order valence-corrected chi connectivity index (χ1v) is 9.14. The molecule has 26 heavy (non-hydrogen) atoms. The lowest BCUT2D eigenvalue weighted by Crippen LogP contribution is -2.17. The van der Waals surface area contributed by atoms with Crippen LogP contribution >= 0.6 is 0 Å². The van der Waals surface area contributed by atoms with Crippen LogP contribution in [0.15, 0.2) is 67.3 Å². The van der Waals surface area contributed by atoms with Crippen LogP contribution in [-0.4, -0.2) is 19.9 Å². The predicted octanol–water partition coefficient (Wildman–Crippen LogP) is 4.48. The lowest BCUT2D eigenvalue weighted by Gasteiger charge is -2.14. The summed E-state index contributed by atoms with van der Waals surface area (Å²) >= 11 is 0. The van der Waals surface area contributed by atoms with E-state index in [0.717, 1.165) is 19.3 Å². The molecule has 0 bridgehead atoms. The summed E-state index contributed by atoms with van der Waals surface area (Å²) in [5.41, 5.74) is 9.12. The van der Waals surface area contributed by atoms with Gasteiger partial charge in [0, 0.05) is 25.4 Å². The van der Waals surface area contributed by atoms with Crippen molar-refractivity contribution < 1.29 is 4.79 Å². The smallest absolute Gasteiger partial charge is 0.120 e. The van der Waals surface area contributed by atoms with Gasteiger partial charge in [0.25, 0.3) is 0 Å². The molecule has 0 aliphatic carbocycles. The molecule has 0 radical (unpaired) electrons. The fourth-order valence-electron chi connectivity index (χ4n) is 2.34. The zero-order valence-corrected chi connectivity index (χ0v) is 16.4. The van der Waals surface area contributed by atoms with Crippen molar-refractivity contribution in [1.82, 2.24) is 5.32 Å². The first-order valence-electron chi connectivity index (χ1n) is 9.14. The maximum atomic E-state index is 10.6. The van der Waals surface area contributed by atoms with E-state index in [1.54, 1.807) is 6.08 Å². The van der Waals surface area contributed by atoms with Crippen LogP contribution in [0.1, 0.15) is 42.9 Å². The topological polar surface area (TPSA) is 55.1 Å². The molecule has 0 amide bonds. The Morgan fingerprint density at radius 1 is 1.08 bits per heavy atom. The Labute approximate surface area is 159 Å². The molecule has 3 heteroatoms. The van der Waals surface area contributed by atoms with Crippen LogP contribution in [0.4, 0.5) is 0 Å². The second kappa shape index (κ2) is 16.2. The molecule has 142 valence electrons. The third-order valence-corrected chi connectivity index (χ3v) is 3.77. The summed E-state index contributed by atoms with van der Waals surface area (Å²) in [6, 6.07) is 18.5.